The van der Waals surface area contributed by atoms with E-state index >= 15 is 0 Å². The molecule has 0 fully saturated rings. The van der Waals surface area contributed by atoms with Crippen molar-refractivity contribution in [1.82, 2.24) is 0 Å². The van der Waals surface area contributed by atoms with Crippen molar-refractivity contribution >= 4 is 5.97 Å². The van der Waals surface area contributed by atoms with Gasteiger partial charge in [-0.1, -0.05) is 65.2 Å². The smallest absolute Gasteiger partial charge is 0.313 e. The van der Waals surface area contributed by atoms with Crippen LogP contribution in [0.3, 0.4) is 0 Å². The van der Waals surface area contributed by atoms with Crippen molar-refractivity contribution in [3.8, 4) is 5.75 Å². The van der Waals surface area contributed by atoms with Crippen LogP contribution in [0.1, 0.15) is 73.6 Å². The van der Waals surface area contributed by atoms with Gasteiger partial charge in [0.1, 0.15) is 12.4 Å². The van der Waals surface area contributed by atoms with E-state index in [9.17, 15) is 4.79 Å². The Morgan fingerprint density at radius 1 is 0.926 bits per heavy atom. The minimum atomic E-state index is -0.539. The Bertz CT molecular complexity index is 526. The van der Waals surface area contributed by atoms with Gasteiger partial charge in [0.05, 0.1) is 12.0 Å². The molecule has 0 aliphatic rings. The van der Waals surface area contributed by atoms with Crippen LogP contribution in [0.2, 0.25) is 0 Å². The molecule has 0 aromatic heterocycles. The fraction of sp³-hybridized carbons (Fsp3) is 0.696. The third kappa shape index (κ3) is 7.53. The molecule has 1 atom stereocenters. The van der Waals surface area contributed by atoms with E-state index < -0.39 is 11.7 Å². The zero-order valence-electron chi connectivity index (χ0n) is 18.0. The minimum absolute atomic E-state index is 0.127. The summed E-state index contributed by atoms with van der Waals surface area (Å²) in [6, 6.07) is 9.65. The third-order valence-corrected chi connectivity index (χ3v) is 5.92. The minimum Gasteiger partial charge on any atom is -0.491 e. The first-order chi connectivity index (χ1) is 12.8. The van der Waals surface area contributed by atoms with Gasteiger partial charge in [-0.25, -0.2) is 0 Å². The SMILES string of the molecule is CCC(CC)(CC)CC(OCCOc1ccccc1)OC(=O)C(C)(C)CC. The summed E-state index contributed by atoms with van der Waals surface area (Å²) >= 11 is 0. The molecule has 1 aromatic carbocycles. The number of ether oxygens (including phenoxy) is 3. The highest BCUT2D eigenvalue weighted by Crippen LogP contribution is 2.37. The van der Waals surface area contributed by atoms with Crippen molar-refractivity contribution in [3.05, 3.63) is 30.3 Å². The molecule has 4 heteroatoms. The summed E-state index contributed by atoms with van der Waals surface area (Å²) < 4.78 is 17.5. The normalized spacial score (nSPS) is 13.3. The number of esters is 1. The Morgan fingerprint density at radius 3 is 2.04 bits per heavy atom. The molecule has 4 nitrogen and oxygen atoms in total. The number of rotatable bonds is 13. The Hall–Kier alpha value is -1.55. The van der Waals surface area contributed by atoms with Crippen LogP contribution in [0.15, 0.2) is 30.3 Å². The van der Waals surface area contributed by atoms with Gasteiger partial charge >= 0.3 is 5.97 Å². The largest absolute Gasteiger partial charge is 0.491 e. The molecular formula is C23H38O4. The van der Waals surface area contributed by atoms with Crippen LogP contribution in [0.25, 0.3) is 0 Å². The molecule has 0 aliphatic heterocycles. The highest BCUT2D eigenvalue weighted by atomic mass is 16.7. The molecule has 1 rings (SSSR count). The first kappa shape index (κ1) is 23.5. The molecule has 0 radical (unpaired) electrons. The lowest BCUT2D eigenvalue weighted by Gasteiger charge is -2.35. The van der Waals surface area contributed by atoms with Crippen LogP contribution in [0.4, 0.5) is 0 Å². The van der Waals surface area contributed by atoms with Crippen molar-refractivity contribution < 1.29 is 19.0 Å². The van der Waals surface area contributed by atoms with Gasteiger partial charge in [-0.15, -0.1) is 0 Å². The predicted octanol–water partition coefficient (Wildman–Crippen LogP) is 5.99. The average Bonchev–Trinajstić information content (AvgIpc) is 2.69. The molecule has 0 N–H and O–H groups in total. The number of carbonyl (C=O) groups is 1. The Morgan fingerprint density at radius 2 is 1.52 bits per heavy atom. The van der Waals surface area contributed by atoms with Crippen molar-refractivity contribution in [3.63, 3.8) is 0 Å². The van der Waals surface area contributed by atoms with E-state index in [0.717, 1.165) is 31.4 Å². The van der Waals surface area contributed by atoms with Crippen molar-refractivity contribution in [2.45, 2.75) is 79.9 Å². The maximum absolute atomic E-state index is 12.6. The Labute approximate surface area is 165 Å². The average molecular weight is 379 g/mol. The molecule has 154 valence electrons. The van der Waals surface area contributed by atoms with Crippen LogP contribution in [0, 0.1) is 10.8 Å². The molecule has 0 saturated carbocycles. The Balaban J connectivity index is 2.70. The lowest BCUT2D eigenvalue weighted by atomic mass is 9.76. The molecule has 1 aromatic rings. The standard InChI is InChI=1S/C23H38O4/c1-7-22(5,6)21(24)27-20(18-23(8-2,9-3)10-4)26-17-16-25-19-14-12-11-13-15-19/h11-15,20H,7-10,16-18H2,1-6H3. The van der Waals surface area contributed by atoms with E-state index in [0.29, 0.717) is 19.6 Å². The zero-order valence-corrected chi connectivity index (χ0v) is 18.0. The monoisotopic (exact) mass is 378 g/mol. The molecule has 0 aliphatic carbocycles. The summed E-state index contributed by atoms with van der Waals surface area (Å²) in [6.07, 6.45) is 4.02. The summed E-state index contributed by atoms with van der Waals surface area (Å²) in [6.45, 7) is 13.2. The van der Waals surface area contributed by atoms with Crippen LogP contribution in [0.5, 0.6) is 5.75 Å². The van der Waals surface area contributed by atoms with Gasteiger partial charge in [0.25, 0.3) is 0 Å². The molecule has 0 bridgehead atoms. The van der Waals surface area contributed by atoms with E-state index in [2.05, 4.69) is 20.8 Å². The molecule has 1 unspecified atom stereocenters. The lowest BCUT2D eigenvalue weighted by molar-refractivity contribution is -0.197. The number of hydrogen-bond acceptors (Lipinski definition) is 4. The van der Waals surface area contributed by atoms with Crippen LogP contribution in [-0.2, 0) is 14.3 Å². The van der Waals surface area contributed by atoms with Crippen molar-refractivity contribution in [2.75, 3.05) is 13.2 Å². The number of carbonyl (C=O) groups excluding carboxylic acids is 1. The van der Waals surface area contributed by atoms with Crippen molar-refractivity contribution in [2.24, 2.45) is 10.8 Å². The van der Waals surface area contributed by atoms with E-state index in [-0.39, 0.29) is 11.4 Å². The second-order valence-electron chi connectivity index (χ2n) is 7.87. The Kier molecular flexibility index (Phi) is 9.86. The maximum atomic E-state index is 12.6. The number of para-hydroxylation sites is 1. The van der Waals surface area contributed by atoms with E-state index in [4.69, 9.17) is 14.2 Å². The zero-order chi connectivity index (χ0) is 20.3. The number of benzene rings is 1. The van der Waals surface area contributed by atoms with Crippen molar-refractivity contribution in [1.29, 1.82) is 0 Å². The summed E-state index contributed by atoms with van der Waals surface area (Å²) in [5.41, 5.74) is -0.378. The highest BCUT2D eigenvalue weighted by Gasteiger charge is 2.34. The second-order valence-corrected chi connectivity index (χ2v) is 7.87. The van der Waals surface area contributed by atoms with Gasteiger partial charge in [-0.2, -0.15) is 0 Å². The van der Waals surface area contributed by atoms with Gasteiger partial charge in [-0.05, 0) is 37.8 Å². The fourth-order valence-electron chi connectivity index (χ4n) is 2.95. The molecule has 0 spiro atoms. The van der Waals surface area contributed by atoms with Crippen LogP contribution in [-0.4, -0.2) is 25.5 Å². The molecular weight excluding hydrogens is 340 g/mol. The molecule has 0 heterocycles. The van der Waals surface area contributed by atoms with E-state index in [1.54, 1.807) is 0 Å². The molecule has 27 heavy (non-hydrogen) atoms. The quantitative estimate of drug-likeness (QED) is 0.240. The van der Waals surface area contributed by atoms with Gasteiger partial charge in [0.15, 0.2) is 0 Å². The third-order valence-electron chi connectivity index (χ3n) is 5.92. The molecule has 0 saturated heterocycles. The maximum Gasteiger partial charge on any atom is 0.313 e. The second kappa shape index (κ2) is 11.3. The van der Waals surface area contributed by atoms with E-state index in [1.165, 1.54) is 0 Å². The number of hydrogen-bond donors (Lipinski definition) is 0. The first-order valence-electron chi connectivity index (χ1n) is 10.3. The molecule has 0 amide bonds. The van der Waals surface area contributed by atoms with Gasteiger partial charge < -0.3 is 14.2 Å². The van der Waals surface area contributed by atoms with Gasteiger partial charge in [0.2, 0.25) is 6.29 Å². The first-order valence-corrected chi connectivity index (χ1v) is 10.3. The lowest BCUT2D eigenvalue weighted by Crippen LogP contribution is -2.36. The van der Waals surface area contributed by atoms with Gasteiger partial charge in [-0.3, -0.25) is 4.79 Å². The van der Waals surface area contributed by atoms with Crippen LogP contribution >= 0.6 is 0 Å². The summed E-state index contributed by atoms with van der Waals surface area (Å²) in [5, 5.41) is 0. The van der Waals surface area contributed by atoms with E-state index in [1.807, 2.05) is 51.1 Å². The topological polar surface area (TPSA) is 44.8 Å². The summed E-state index contributed by atoms with van der Waals surface area (Å²) in [7, 11) is 0. The van der Waals surface area contributed by atoms with Gasteiger partial charge in [0, 0.05) is 6.42 Å². The fourth-order valence-corrected chi connectivity index (χ4v) is 2.95. The predicted molar refractivity (Wildman–Crippen MR) is 110 cm³/mol. The summed E-state index contributed by atoms with van der Waals surface area (Å²) in [5.74, 6) is 0.614. The van der Waals surface area contributed by atoms with Crippen LogP contribution < -0.4 is 4.74 Å². The summed E-state index contributed by atoms with van der Waals surface area (Å²) in [4.78, 5) is 12.6. The highest BCUT2D eigenvalue weighted by molar-refractivity contribution is 5.75.